The number of nitrogens with zero attached hydrogens (tertiary/aromatic N) is 1. The molecule has 1 unspecified atom stereocenters. The van der Waals surface area contributed by atoms with Crippen molar-refractivity contribution >= 4 is 33.4 Å². The number of halogens is 1. The van der Waals surface area contributed by atoms with E-state index in [1.807, 2.05) is 6.26 Å². The van der Waals surface area contributed by atoms with E-state index >= 15 is 0 Å². The monoisotopic (exact) mass is 334 g/mol. The number of hydrogen-bond donors (Lipinski definition) is 1. The van der Waals surface area contributed by atoms with Crippen molar-refractivity contribution in [2.75, 3.05) is 19.3 Å². The first-order chi connectivity index (χ1) is 9.50. The summed E-state index contributed by atoms with van der Waals surface area (Å²) in [5.41, 5.74) is 5.71. The number of rotatable bonds is 4. The van der Waals surface area contributed by atoms with Gasteiger partial charge in [-0.1, -0.05) is 18.0 Å². The highest BCUT2D eigenvalue weighted by molar-refractivity contribution is 7.98. The molecule has 1 atom stereocenters. The van der Waals surface area contributed by atoms with Crippen LogP contribution in [0.1, 0.15) is 19.3 Å². The maximum absolute atomic E-state index is 12.7. The summed E-state index contributed by atoms with van der Waals surface area (Å²) in [5, 5.41) is 0.472. The van der Waals surface area contributed by atoms with E-state index in [-0.39, 0.29) is 10.9 Å². The molecule has 0 saturated carbocycles. The number of thioether (sulfide) groups is 1. The van der Waals surface area contributed by atoms with Crippen LogP contribution < -0.4 is 5.73 Å². The predicted molar refractivity (Wildman–Crippen MR) is 83.8 cm³/mol. The smallest absolute Gasteiger partial charge is 0.243 e. The molecule has 0 radical (unpaired) electrons. The van der Waals surface area contributed by atoms with Gasteiger partial charge in [-0.25, -0.2) is 8.42 Å². The van der Waals surface area contributed by atoms with Crippen LogP contribution in [-0.4, -0.2) is 38.1 Å². The minimum Gasteiger partial charge on any atom is -0.329 e. The molecule has 1 aromatic carbocycles. The third-order valence-corrected chi connectivity index (χ3v) is 6.74. The average molecular weight is 335 g/mol. The summed E-state index contributed by atoms with van der Waals surface area (Å²) in [6.07, 6.45) is 4.64. The first-order valence-electron chi connectivity index (χ1n) is 6.56. The first kappa shape index (κ1) is 16.1. The van der Waals surface area contributed by atoms with Gasteiger partial charge >= 0.3 is 0 Å². The van der Waals surface area contributed by atoms with Crippen LogP contribution >= 0.6 is 23.4 Å². The van der Waals surface area contributed by atoms with Crippen LogP contribution in [0.2, 0.25) is 5.02 Å². The molecule has 0 aliphatic carbocycles. The number of nitrogens with two attached hydrogens (primary N) is 1. The summed E-state index contributed by atoms with van der Waals surface area (Å²) in [6.45, 7) is 0.891. The Bertz CT molecular complexity index is 578. The molecule has 1 saturated heterocycles. The Labute approximate surface area is 129 Å². The van der Waals surface area contributed by atoms with E-state index in [4.69, 9.17) is 17.3 Å². The van der Waals surface area contributed by atoms with Gasteiger partial charge in [0.25, 0.3) is 0 Å². The standard InChI is InChI=1S/C13H19ClN2O2S2/c1-19-13-6-5-11(8-12(13)14)20(17,18)16-7-3-2-4-10(16)9-15/h5-6,8,10H,2-4,7,9,15H2,1H3. The summed E-state index contributed by atoms with van der Waals surface area (Å²) < 4.78 is 27.0. The first-order valence-corrected chi connectivity index (χ1v) is 9.60. The number of sulfonamides is 1. The summed E-state index contributed by atoms with van der Waals surface area (Å²) in [5.74, 6) is 0. The van der Waals surface area contributed by atoms with Gasteiger partial charge in [-0.2, -0.15) is 4.31 Å². The highest BCUT2D eigenvalue weighted by Gasteiger charge is 2.32. The van der Waals surface area contributed by atoms with Gasteiger partial charge in [0.05, 0.1) is 9.92 Å². The zero-order valence-corrected chi connectivity index (χ0v) is 13.8. The van der Waals surface area contributed by atoms with Crippen LogP contribution in [0, 0.1) is 0 Å². The van der Waals surface area contributed by atoms with Crippen molar-refractivity contribution in [1.82, 2.24) is 4.31 Å². The van der Waals surface area contributed by atoms with E-state index in [2.05, 4.69) is 0 Å². The third kappa shape index (κ3) is 3.14. The molecular weight excluding hydrogens is 316 g/mol. The molecule has 1 aromatic rings. The predicted octanol–water partition coefficient (Wildman–Crippen LogP) is 2.56. The van der Waals surface area contributed by atoms with Crippen LogP contribution in [0.4, 0.5) is 0 Å². The molecule has 1 aliphatic rings. The van der Waals surface area contributed by atoms with Gasteiger partial charge in [0, 0.05) is 24.0 Å². The topological polar surface area (TPSA) is 63.4 Å². The fourth-order valence-corrected chi connectivity index (χ4v) is 5.13. The Morgan fingerprint density at radius 2 is 2.20 bits per heavy atom. The molecular formula is C13H19ClN2O2S2. The van der Waals surface area contributed by atoms with Crippen LogP contribution in [0.15, 0.2) is 28.0 Å². The van der Waals surface area contributed by atoms with Crippen LogP contribution in [0.25, 0.3) is 0 Å². The fourth-order valence-electron chi connectivity index (χ4n) is 2.47. The second kappa shape index (κ2) is 6.66. The number of benzene rings is 1. The lowest BCUT2D eigenvalue weighted by Crippen LogP contribution is -2.47. The zero-order chi connectivity index (χ0) is 14.8. The van der Waals surface area contributed by atoms with Gasteiger partial charge in [0.15, 0.2) is 0 Å². The van der Waals surface area contributed by atoms with Crippen LogP contribution in [0.3, 0.4) is 0 Å². The minimum absolute atomic E-state index is 0.104. The van der Waals surface area contributed by atoms with Gasteiger partial charge in [0.1, 0.15) is 0 Å². The molecule has 20 heavy (non-hydrogen) atoms. The van der Waals surface area contributed by atoms with Gasteiger partial charge in [-0.3, -0.25) is 0 Å². The van der Waals surface area contributed by atoms with Gasteiger partial charge in [-0.05, 0) is 37.3 Å². The molecule has 0 aromatic heterocycles. The summed E-state index contributed by atoms with van der Waals surface area (Å²) >= 11 is 7.61. The quantitative estimate of drug-likeness (QED) is 0.859. The second-order valence-electron chi connectivity index (χ2n) is 4.80. The Morgan fingerprint density at radius 3 is 2.80 bits per heavy atom. The van der Waals surface area contributed by atoms with E-state index in [9.17, 15) is 8.42 Å². The largest absolute Gasteiger partial charge is 0.329 e. The normalized spacial score (nSPS) is 21.1. The fraction of sp³-hybridized carbons (Fsp3) is 0.538. The Morgan fingerprint density at radius 1 is 1.45 bits per heavy atom. The lowest BCUT2D eigenvalue weighted by molar-refractivity contribution is 0.257. The van der Waals surface area contributed by atoms with Gasteiger partial charge in [0.2, 0.25) is 10.0 Å². The van der Waals surface area contributed by atoms with E-state index in [1.54, 1.807) is 12.1 Å². The summed E-state index contributed by atoms with van der Waals surface area (Å²) in [7, 11) is -3.51. The average Bonchev–Trinajstić information content (AvgIpc) is 2.47. The molecule has 2 N–H and O–H groups in total. The minimum atomic E-state index is -3.51. The van der Waals surface area contributed by atoms with E-state index in [0.717, 1.165) is 24.2 Å². The maximum Gasteiger partial charge on any atom is 0.243 e. The highest BCUT2D eigenvalue weighted by Crippen LogP contribution is 2.31. The van der Waals surface area contributed by atoms with Gasteiger partial charge < -0.3 is 5.73 Å². The van der Waals surface area contributed by atoms with E-state index < -0.39 is 10.0 Å². The molecule has 1 aliphatic heterocycles. The molecule has 0 spiro atoms. The summed E-state index contributed by atoms with van der Waals surface area (Å²) in [4.78, 5) is 1.13. The van der Waals surface area contributed by atoms with Crippen molar-refractivity contribution in [3.8, 4) is 0 Å². The van der Waals surface area contributed by atoms with Crippen molar-refractivity contribution in [3.05, 3.63) is 23.2 Å². The lowest BCUT2D eigenvalue weighted by Gasteiger charge is -2.33. The van der Waals surface area contributed by atoms with Crippen molar-refractivity contribution in [1.29, 1.82) is 0 Å². The zero-order valence-electron chi connectivity index (χ0n) is 11.4. The molecule has 4 nitrogen and oxygen atoms in total. The van der Waals surface area contributed by atoms with Crippen LogP contribution in [0.5, 0.6) is 0 Å². The molecule has 1 fully saturated rings. The second-order valence-corrected chi connectivity index (χ2v) is 7.94. The molecule has 2 rings (SSSR count). The van der Waals surface area contributed by atoms with Crippen molar-refractivity contribution < 1.29 is 8.42 Å². The Kier molecular flexibility index (Phi) is 5.36. The molecule has 0 amide bonds. The molecule has 1 heterocycles. The van der Waals surface area contributed by atoms with Crippen molar-refractivity contribution in [3.63, 3.8) is 0 Å². The number of piperidine rings is 1. The number of hydrogen-bond acceptors (Lipinski definition) is 4. The van der Waals surface area contributed by atoms with Crippen LogP contribution in [-0.2, 0) is 10.0 Å². The molecule has 0 bridgehead atoms. The Balaban J connectivity index is 2.36. The Hall–Kier alpha value is -0.270. The molecule has 112 valence electrons. The summed E-state index contributed by atoms with van der Waals surface area (Å²) in [6, 6.07) is 4.80. The van der Waals surface area contributed by atoms with E-state index in [1.165, 1.54) is 22.1 Å². The third-order valence-electron chi connectivity index (χ3n) is 3.58. The van der Waals surface area contributed by atoms with E-state index in [0.29, 0.717) is 18.1 Å². The highest BCUT2D eigenvalue weighted by atomic mass is 35.5. The SMILES string of the molecule is CSc1ccc(S(=O)(=O)N2CCCCC2CN)cc1Cl. The van der Waals surface area contributed by atoms with Crippen molar-refractivity contribution in [2.24, 2.45) is 5.73 Å². The van der Waals surface area contributed by atoms with Crippen molar-refractivity contribution in [2.45, 2.75) is 35.1 Å². The molecule has 7 heteroatoms. The lowest BCUT2D eigenvalue weighted by atomic mass is 10.1. The van der Waals surface area contributed by atoms with Gasteiger partial charge in [-0.15, -0.1) is 11.8 Å². The maximum atomic E-state index is 12.7.